The van der Waals surface area contributed by atoms with Crippen LogP contribution in [0.15, 0.2) is 77.9 Å². The number of hydrogen-bond donors (Lipinski definition) is 0. The molecule has 0 amide bonds. The summed E-state index contributed by atoms with van der Waals surface area (Å²) in [5, 5.41) is 0. The van der Waals surface area contributed by atoms with Crippen LogP contribution >= 0.6 is 0 Å². The molecule has 21 heavy (non-hydrogen) atoms. The van der Waals surface area contributed by atoms with Gasteiger partial charge in [0, 0.05) is 5.92 Å². The first-order valence-corrected chi connectivity index (χ1v) is 7.59. The highest BCUT2D eigenvalue weighted by molar-refractivity contribution is 5.74. The zero-order valence-corrected chi connectivity index (χ0v) is 12.9. The van der Waals surface area contributed by atoms with Crippen LogP contribution < -0.4 is 0 Å². The predicted octanol–water partition coefficient (Wildman–Crippen LogP) is 5.79. The van der Waals surface area contributed by atoms with Crippen LogP contribution in [0.3, 0.4) is 0 Å². The number of rotatable bonds is 2. The smallest absolute Gasteiger partial charge is 0.00174 e. The fourth-order valence-electron chi connectivity index (χ4n) is 3.09. The van der Waals surface area contributed by atoms with E-state index in [-0.39, 0.29) is 0 Å². The third-order valence-corrected chi connectivity index (χ3v) is 4.61. The first-order valence-electron chi connectivity index (χ1n) is 7.59. The minimum atomic E-state index is 0.433. The van der Waals surface area contributed by atoms with Gasteiger partial charge in [0.05, 0.1) is 0 Å². The molecule has 3 rings (SSSR count). The largest absolute Gasteiger partial charge is 0.0989 e. The molecule has 0 nitrogen and oxygen atoms in total. The third-order valence-electron chi connectivity index (χ3n) is 4.61. The van der Waals surface area contributed by atoms with Crippen LogP contribution in [-0.2, 0) is 0 Å². The third kappa shape index (κ3) is 2.71. The second-order valence-corrected chi connectivity index (χ2v) is 6.23. The first kappa shape index (κ1) is 13.9. The summed E-state index contributed by atoms with van der Waals surface area (Å²) in [5.74, 6) is 0.433. The summed E-state index contributed by atoms with van der Waals surface area (Å²) >= 11 is 0. The van der Waals surface area contributed by atoms with Crippen molar-refractivity contribution in [3.8, 4) is 0 Å². The molecule has 0 spiro atoms. The van der Waals surface area contributed by atoms with E-state index >= 15 is 0 Å². The van der Waals surface area contributed by atoms with E-state index in [4.69, 9.17) is 0 Å². The molecule has 1 unspecified atom stereocenters. The molecule has 0 bridgehead atoms. The Balaban J connectivity index is 1.75. The van der Waals surface area contributed by atoms with E-state index in [1.54, 1.807) is 0 Å². The van der Waals surface area contributed by atoms with Crippen LogP contribution in [0.4, 0.5) is 0 Å². The van der Waals surface area contributed by atoms with E-state index in [2.05, 4.69) is 69.5 Å². The molecule has 0 radical (unpaired) electrons. The Morgan fingerprint density at radius 2 is 1.95 bits per heavy atom. The van der Waals surface area contributed by atoms with Gasteiger partial charge in [-0.1, -0.05) is 73.7 Å². The van der Waals surface area contributed by atoms with Gasteiger partial charge >= 0.3 is 0 Å². The van der Waals surface area contributed by atoms with Gasteiger partial charge in [0.1, 0.15) is 0 Å². The van der Waals surface area contributed by atoms with Crippen molar-refractivity contribution in [1.29, 1.82) is 0 Å². The molecule has 0 aromatic heterocycles. The molecular weight excluding hydrogens is 252 g/mol. The van der Waals surface area contributed by atoms with Gasteiger partial charge < -0.3 is 0 Å². The van der Waals surface area contributed by atoms with E-state index < -0.39 is 0 Å². The molecule has 1 atom stereocenters. The van der Waals surface area contributed by atoms with Crippen molar-refractivity contribution in [2.75, 3.05) is 0 Å². The quantitative estimate of drug-likeness (QED) is 0.599. The second kappa shape index (κ2) is 5.37. The van der Waals surface area contributed by atoms with Crippen molar-refractivity contribution in [1.82, 2.24) is 0 Å². The van der Waals surface area contributed by atoms with Gasteiger partial charge in [0.15, 0.2) is 0 Å². The Hall–Kier alpha value is -2.08. The van der Waals surface area contributed by atoms with Crippen molar-refractivity contribution < 1.29 is 0 Å². The molecule has 0 aliphatic heterocycles. The maximum absolute atomic E-state index is 4.22. The minimum absolute atomic E-state index is 0.433. The zero-order chi connectivity index (χ0) is 15.0. The Kier molecular flexibility index (Phi) is 3.55. The topological polar surface area (TPSA) is 0 Å². The van der Waals surface area contributed by atoms with Gasteiger partial charge in [-0.15, -0.1) is 0 Å². The Bertz CT molecular complexity index is 707. The summed E-state index contributed by atoms with van der Waals surface area (Å²) in [5.41, 5.74) is 9.32. The average molecular weight is 274 g/mol. The van der Waals surface area contributed by atoms with Crippen LogP contribution in [0.1, 0.15) is 30.9 Å². The molecular formula is C21H22. The lowest BCUT2D eigenvalue weighted by Gasteiger charge is -2.06. The lowest BCUT2D eigenvalue weighted by Crippen LogP contribution is -1.90. The van der Waals surface area contributed by atoms with Gasteiger partial charge in [-0.3, -0.25) is 0 Å². The highest BCUT2D eigenvalue weighted by Crippen LogP contribution is 2.40. The summed E-state index contributed by atoms with van der Waals surface area (Å²) in [6.07, 6.45) is 8.80. The molecule has 0 N–H and O–H groups in total. The molecule has 0 heterocycles. The van der Waals surface area contributed by atoms with Crippen molar-refractivity contribution in [2.45, 2.75) is 26.7 Å². The lowest BCUT2D eigenvalue weighted by molar-refractivity contribution is 0.868. The molecule has 0 saturated heterocycles. The van der Waals surface area contributed by atoms with Crippen LogP contribution in [0.5, 0.6) is 0 Å². The molecule has 106 valence electrons. The summed E-state index contributed by atoms with van der Waals surface area (Å²) in [7, 11) is 0. The van der Waals surface area contributed by atoms with Crippen molar-refractivity contribution >= 4 is 5.57 Å². The first-order chi connectivity index (χ1) is 10.0. The molecule has 1 saturated carbocycles. The number of aryl methyl sites for hydroxylation is 1. The Labute approximate surface area is 127 Å². The lowest BCUT2D eigenvalue weighted by atomic mass is 9.98. The molecule has 2 aliphatic carbocycles. The maximum Gasteiger partial charge on any atom is 0.00174 e. The number of benzene rings is 1. The fraction of sp³-hybridized carbons (Fsp3) is 0.238. The monoisotopic (exact) mass is 274 g/mol. The average Bonchev–Trinajstić information content (AvgIpc) is 3.01. The number of hydrogen-bond acceptors (Lipinski definition) is 0. The van der Waals surface area contributed by atoms with Crippen LogP contribution in [-0.4, -0.2) is 0 Å². The van der Waals surface area contributed by atoms with E-state index in [0.717, 1.165) is 12.8 Å². The standard InChI is InChI=1S/C21H22/c1-14-6-5-7-19(10-14)20-9-8-18(12-20)13-21-11-15(2)16(3)17(21)4/h5-10,13,16H,2,4,11-12H2,1,3H3. The van der Waals surface area contributed by atoms with Crippen molar-refractivity contribution in [3.05, 3.63) is 89.1 Å². The molecule has 2 aliphatic rings. The predicted molar refractivity (Wildman–Crippen MR) is 92.0 cm³/mol. The summed E-state index contributed by atoms with van der Waals surface area (Å²) < 4.78 is 0. The minimum Gasteiger partial charge on any atom is -0.0989 e. The van der Waals surface area contributed by atoms with Crippen molar-refractivity contribution in [3.63, 3.8) is 0 Å². The van der Waals surface area contributed by atoms with Gasteiger partial charge in [-0.2, -0.15) is 0 Å². The molecule has 1 aromatic rings. The SMILES string of the molecule is C=C1CC(=CC2=CC=C(c3cccc(C)c3)C2)C(=C)C1C. The molecule has 0 heteroatoms. The van der Waals surface area contributed by atoms with Gasteiger partial charge in [0.25, 0.3) is 0 Å². The van der Waals surface area contributed by atoms with Gasteiger partial charge in [-0.25, -0.2) is 0 Å². The van der Waals surface area contributed by atoms with E-state index in [1.165, 1.54) is 39.0 Å². The maximum atomic E-state index is 4.22. The van der Waals surface area contributed by atoms with Crippen molar-refractivity contribution in [2.24, 2.45) is 5.92 Å². The zero-order valence-electron chi connectivity index (χ0n) is 12.9. The van der Waals surface area contributed by atoms with E-state index in [0.29, 0.717) is 5.92 Å². The molecule has 1 fully saturated rings. The van der Waals surface area contributed by atoms with E-state index in [9.17, 15) is 0 Å². The Morgan fingerprint density at radius 3 is 2.62 bits per heavy atom. The van der Waals surface area contributed by atoms with Gasteiger partial charge in [-0.05, 0) is 47.6 Å². The van der Waals surface area contributed by atoms with Crippen LogP contribution in [0, 0.1) is 12.8 Å². The van der Waals surface area contributed by atoms with Crippen LogP contribution in [0.2, 0.25) is 0 Å². The molecule has 1 aromatic carbocycles. The summed E-state index contributed by atoms with van der Waals surface area (Å²) in [6.45, 7) is 12.7. The van der Waals surface area contributed by atoms with Gasteiger partial charge in [0.2, 0.25) is 0 Å². The second-order valence-electron chi connectivity index (χ2n) is 6.23. The summed E-state index contributed by atoms with van der Waals surface area (Å²) in [6, 6.07) is 8.73. The normalized spacial score (nSPS) is 23.7. The summed E-state index contributed by atoms with van der Waals surface area (Å²) in [4.78, 5) is 0. The highest BCUT2D eigenvalue weighted by atomic mass is 14.3. The Morgan fingerprint density at radius 1 is 1.14 bits per heavy atom. The fourth-order valence-corrected chi connectivity index (χ4v) is 3.09. The van der Waals surface area contributed by atoms with E-state index in [1.807, 2.05) is 0 Å². The number of allylic oxidation sites excluding steroid dienone is 8. The highest BCUT2D eigenvalue weighted by Gasteiger charge is 2.23. The van der Waals surface area contributed by atoms with Crippen LogP contribution in [0.25, 0.3) is 5.57 Å².